The molecule has 4 N–H and O–H groups in total. The first-order valence-corrected chi connectivity index (χ1v) is 3.82. The molecule has 1 heterocycles. The summed E-state index contributed by atoms with van der Waals surface area (Å²) in [6, 6.07) is 1.66. The van der Waals surface area contributed by atoms with E-state index in [1.807, 2.05) is 0 Å². The molecule has 1 aromatic rings. The van der Waals surface area contributed by atoms with Crippen LogP contribution in [0.4, 0.5) is 5.95 Å². The Morgan fingerprint density at radius 3 is 3.00 bits per heavy atom. The third-order valence-corrected chi connectivity index (χ3v) is 1.30. The van der Waals surface area contributed by atoms with Crippen LogP contribution in [-0.2, 0) is 0 Å². The highest BCUT2D eigenvalue weighted by Gasteiger charge is 2.00. The predicted molar refractivity (Wildman–Crippen MR) is 47.2 cm³/mol. The van der Waals surface area contributed by atoms with Crippen molar-refractivity contribution in [1.82, 2.24) is 9.97 Å². The number of aliphatic hydroxyl groups excluding tert-OH is 1. The molecule has 1 aromatic heterocycles. The number of nitrogens with one attached hydrogen (secondary N) is 1. The summed E-state index contributed by atoms with van der Waals surface area (Å²) in [6.45, 7) is 1.96. The van der Waals surface area contributed by atoms with Crippen LogP contribution in [0.3, 0.4) is 0 Å². The maximum absolute atomic E-state index is 8.51. The molecule has 1 rings (SSSR count). The summed E-state index contributed by atoms with van der Waals surface area (Å²) >= 11 is 0. The molecule has 0 radical (unpaired) electrons. The van der Waals surface area contributed by atoms with E-state index in [0.717, 1.165) is 5.69 Å². The van der Waals surface area contributed by atoms with Crippen LogP contribution in [0.5, 0.6) is 5.88 Å². The number of hydrogen-bond acceptors (Lipinski definition) is 6. The topological polar surface area (TPSA) is 93.3 Å². The maximum atomic E-state index is 8.51. The fraction of sp³-hybridized carbons (Fsp3) is 0.429. The molecule has 0 saturated heterocycles. The van der Waals surface area contributed by atoms with E-state index in [9.17, 15) is 0 Å². The van der Waals surface area contributed by atoms with Gasteiger partial charge in [0.1, 0.15) is 6.61 Å². The van der Waals surface area contributed by atoms with Gasteiger partial charge in [-0.1, -0.05) is 0 Å². The molecule has 0 aromatic carbocycles. The number of aliphatic hydroxyl groups is 1. The van der Waals surface area contributed by atoms with Crippen LogP contribution in [0.15, 0.2) is 6.07 Å². The second-order valence-electron chi connectivity index (χ2n) is 2.39. The quantitative estimate of drug-likeness (QED) is 0.429. The van der Waals surface area contributed by atoms with Crippen LogP contribution in [0, 0.1) is 6.92 Å². The summed E-state index contributed by atoms with van der Waals surface area (Å²) in [4.78, 5) is 7.88. The fourth-order valence-corrected chi connectivity index (χ4v) is 0.828. The molecule has 0 aliphatic carbocycles. The van der Waals surface area contributed by atoms with Crippen molar-refractivity contribution in [2.24, 2.45) is 5.84 Å². The molecule has 13 heavy (non-hydrogen) atoms. The number of nitrogens with two attached hydrogens (primary N) is 1. The van der Waals surface area contributed by atoms with Crippen molar-refractivity contribution in [3.05, 3.63) is 11.8 Å². The Balaban J connectivity index is 2.76. The number of aryl methyl sites for hydroxylation is 1. The summed E-state index contributed by atoms with van der Waals surface area (Å²) in [5, 5.41) is 8.51. The molecule has 0 spiro atoms. The van der Waals surface area contributed by atoms with Gasteiger partial charge in [-0.3, -0.25) is 5.43 Å². The Morgan fingerprint density at radius 1 is 1.62 bits per heavy atom. The van der Waals surface area contributed by atoms with Crippen molar-refractivity contribution in [3.63, 3.8) is 0 Å². The van der Waals surface area contributed by atoms with Crippen molar-refractivity contribution in [2.75, 3.05) is 18.6 Å². The van der Waals surface area contributed by atoms with E-state index in [4.69, 9.17) is 15.7 Å². The number of nitrogens with zero attached hydrogens (tertiary/aromatic N) is 2. The standard InChI is InChI=1S/C7H12N4O2/c1-5-4-6(13-3-2-12)10-7(9-5)11-8/h4,12H,2-3,8H2,1H3,(H,9,10,11). The van der Waals surface area contributed by atoms with Gasteiger partial charge in [0.15, 0.2) is 0 Å². The molecule has 0 aliphatic rings. The first-order chi connectivity index (χ1) is 6.26. The number of aromatic nitrogens is 2. The van der Waals surface area contributed by atoms with Gasteiger partial charge in [-0.2, -0.15) is 4.98 Å². The molecule has 0 fully saturated rings. The number of ether oxygens (including phenoxy) is 1. The van der Waals surface area contributed by atoms with Gasteiger partial charge in [0, 0.05) is 11.8 Å². The van der Waals surface area contributed by atoms with Crippen molar-refractivity contribution in [2.45, 2.75) is 6.92 Å². The molecule has 0 aliphatic heterocycles. The highest BCUT2D eigenvalue weighted by Crippen LogP contribution is 2.10. The lowest BCUT2D eigenvalue weighted by molar-refractivity contribution is 0.196. The van der Waals surface area contributed by atoms with Crippen LogP contribution in [0.2, 0.25) is 0 Å². The Morgan fingerprint density at radius 2 is 2.38 bits per heavy atom. The molecule has 6 nitrogen and oxygen atoms in total. The van der Waals surface area contributed by atoms with E-state index in [-0.39, 0.29) is 13.2 Å². The highest BCUT2D eigenvalue weighted by atomic mass is 16.5. The van der Waals surface area contributed by atoms with Gasteiger partial charge >= 0.3 is 0 Å². The summed E-state index contributed by atoms with van der Waals surface area (Å²) < 4.78 is 5.08. The minimum absolute atomic E-state index is 0.0472. The molecule has 0 bridgehead atoms. The van der Waals surface area contributed by atoms with Crippen molar-refractivity contribution >= 4 is 5.95 Å². The zero-order chi connectivity index (χ0) is 9.68. The summed E-state index contributed by atoms with van der Waals surface area (Å²) in [6.07, 6.45) is 0. The molecule has 0 saturated carbocycles. The number of hydrazine groups is 1. The third-order valence-electron chi connectivity index (χ3n) is 1.30. The molecule has 72 valence electrons. The average Bonchev–Trinajstić information content (AvgIpc) is 2.14. The maximum Gasteiger partial charge on any atom is 0.240 e. The highest BCUT2D eigenvalue weighted by molar-refractivity contribution is 5.28. The van der Waals surface area contributed by atoms with Gasteiger partial charge < -0.3 is 9.84 Å². The lowest BCUT2D eigenvalue weighted by atomic mass is 10.4. The van der Waals surface area contributed by atoms with Crippen LogP contribution >= 0.6 is 0 Å². The number of hydrogen-bond donors (Lipinski definition) is 3. The smallest absolute Gasteiger partial charge is 0.240 e. The molecule has 0 atom stereocenters. The van der Waals surface area contributed by atoms with Gasteiger partial charge in [-0.25, -0.2) is 10.8 Å². The van der Waals surface area contributed by atoms with Crippen LogP contribution in [0.1, 0.15) is 5.69 Å². The summed E-state index contributed by atoms with van der Waals surface area (Å²) in [7, 11) is 0. The third kappa shape index (κ3) is 2.85. The number of nitrogen functional groups attached to an aromatic ring is 1. The molecule has 0 unspecified atom stereocenters. The minimum atomic E-state index is -0.0472. The van der Waals surface area contributed by atoms with E-state index in [2.05, 4.69) is 15.4 Å². The predicted octanol–water partition coefficient (Wildman–Crippen LogP) is -0.558. The molecule has 0 amide bonds. The monoisotopic (exact) mass is 184 g/mol. The molecular weight excluding hydrogens is 172 g/mol. The van der Waals surface area contributed by atoms with Crippen LogP contribution in [0.25, 0.3) is 0 Å². The van der Waals surface area contributed by atoms with E-state index in [0.29, 0.717) is 11.8 Å². The Labute approximate surface area is 75.7 Å². The number of rotatable bonds is 4. The Bertz CT molecular complexity index is 279. The minimum Gasteiger partial charge on any atom is -0.475 e. The van der Waals surface area contributed by atoms with E-state index < -0.39 is 0 Å². The average molecular weight is 184 g/mol. The van der Waals surface area contributed by atoms with Gasteiger partial charge in [-0.15, -0.1) is 0 Å². The first-order valence-electron chi connectivity index (χ1n) is 3.82. The molecular formula is C7H12N4O2. The van der Waals surface area contributed by atoms with Crippen molar-refractivity contribution in [3.8, 4) is 5.88 Å². The van der Waals surface area contributed by atoms with Crippen molar-refractivity contribution < 1.29 is 9.84 Å². The van der Waals surface area contributed by atoms with Crippen molar-refractivity contribution in [1.29, 1.82) is 0 Å². The van der Waals surface area contributed by atoms with E-state index in [1.54, 1.807) is 13.0 Å². The fourth-order valence-electron chi connectivity index (χ4n) is 0.828. The summed E-state index contributed by atoms with van der Waals surface area (Å²) in [5.74, 6) is 5.83. The second kappa shape index (κ2) is 4.58. The van der Waals surface area contributed by atoms with E-state index in [1.165, 1.54) is 0 Å². The first kappa shape index (κ1) is 9.69. The Hall–Kier alpha value is -1.40. The lowest BCUT2D eigenvalue weighted by Crippen LogP contribution is -2.12. The lowest BCUT2D eigenvalue weighted by Gasteiger charge is -2.05. The van der Waals surface area contributed by atoms with Crippen LogP contribution in [-0.4, -0.2) is 28.3 Å². The summed E-state index contributed by atoms with van der Waals surface area (Å²) in [5.41, 5.74) is 3.07. The number of anilines is 1. The SMILES string of the molecule is Cc1cc(OCCO)nc(NN)n1. The largest absolute Gasteiger partial charge is 0.475 e. The van der Waals surface area contributed by atoms with E-state index >= 15 is 0 Å². The normalized spacial score (nSPS) is 9.77. The van der Waals surface area contributed by atoms with Gasteiger partial charge in [0.05, 0.1) is 6.61 Å². The van der Waals surface area contributed by atoms with Gasteiger partial charge in [0.2, 0.25) is 11.8 Å². The molecule has 6 heteroatoms. The Kier molecular flexibility index (Phi) is 3.41. The second-order valence-corrected chi connectivity index (χ2v) is 2.39. The zero-order valence-electron chi connectivity index (χ0n) is 7.32. The van der Waals surface area contributed by atoms with Crippen LogP contribution < -0.4 is 16.0 Å². The zero-order valence-corrected chi connectivity index (χ0v) is 7.32. The van der Waals surface area contributed by atoms with Gasteiger partial charge in [-0.05, 0) is 6.92 Å². The van der Waals surface area contributed by atoms with Gasteiger partial charge in [0.25, 0.3) is 0 Å².